The van der Waals surface area contributed by atoms with Gasteiger partial charge in [0.15, 0.2) is 5.96 Å². The summed E-state index contributed by atoms with van der Waals surface area (Å²) in [6, 6.07) is 1.87. The van der Waals surface area contributed by atoms with Gasteiger partial charge in [0.25, 0.3) is 16.0 Å². The summed E-state index contributed by atoms with van der Waals surface area (Å²) >= 11 is 3.76. The largest absolute Gasteiger partial charge is 0.370 e. The van der Waals surface area contributed by atoms with Crippen molar-refractivity contribution in [3.8, 4) is 0 Å². The molecule has 1 amide bonds. The summed E-state index contributed by atoms with van der Waals surface area (Å²) in [5.41, 5.74) is 10.4. The van der Waals surface area contributed by atoms with Crippen molar-refractivity contribution in [3.63, 3.8) is 0 Å². The lowest BCUT2D eigenvalue weighted by atomic mass is 10.2. The minimum atomic E-state index is -3.67. The van der Waals surface area contributed by atoms with Crippen LogP contribution >= 0.6 is 33.9 Å². The zero-order valence-electron chi connectivity index (χ0n) is 11.0. The molecule has 116 valence electrons. The Kier molecular flexibility index (Phi) is 6.31. The van der Waals surface area contributed by atoms with Gasteiger partial charge in [-0.1, -0.05) is 6.08 Å². The van der Waals surface area contributed by atoms with E-state index in [0.717, 1.165) is 22.6 Å². The Labute approximate surface area is 139 Å². The average Bonchev–Trinajstić information content (AvgIpc) is 2.71. The number of nitrogens with zero attached hydrogens (tertiary/aromatic N) is 1. The molecule has 1 aromatic rings. The first kappa shape index (κ1) is 18.1. The first-order chi connectivity index (χ1) is 9.58. The van der Waals surface area contributed by atoms with Crippen LogP contribution in [-0.2, 0) is 10.1 Å². The molecule has 0 saturated heterocycles. The second-order valence-corrected chi connectivity index (χ2v) is 7.96. The molecule has 0 spiro atoms. The maximum absolute atomic E-state index is 11.6. The van der Waals surface area contributed by atoms with E-state index in [2.05, 4.69) is 33.7 Å². The number of fused-ring (bicyclic) bond motifs is 1. The van der Waals surface area contributed by atoms with E-state index < -0.39 is 10.1 Å². The molecule has 7 nitrogen and oxygen atoms in total. The van der Waals surface area contributed by atoms with E-state index >= 15 is 0 Å². The van der Waals surface area contributed by atoms with Crippen molar-refractivity contribution in [2.45, 2.75) is 12.8 Å². The summed E-state index contributed by atoms with van der Waals surface area (Å²) in [6.07, 6.45) is 4.93. The van der Waals surface area contributed by atoms with Gasteiger partial charge in [0.2, 0.25) is 0 Å². The Morgan fingerprint density at radius 1 is 1.48 bits per heavy atom. The van der Waals surface area contributed by atoms with Gasteiger partial charge in [-0.05, 0) is 45.1 Å². The Bertz CT molecular complexity index is 784. The van der Waals surface area contributed by atoms with Crippen LogP contribution in [-0.4, -0.2) is 31.1 Å². The SMILES string of the molecule is CS(=O)(=O)O.NC(N)=NC(=O)c1cc2c(s1)=CCCC=2I. The molecular weight excluding hydrogens is 429 g/mol. The third-order valence-electron chi connectivity index (χ3n) is 2.19. The molecule has 0 aromatic carbocycles. The van der Waals surface area contributed by atoms with E-state index in [9.17, 15) is 13.2 Å². The fourth-order valence-electron chi connectivity index (χ4n) is 1.51. The van der Waals surface area contributed by atoms with Crippen LogP contribution in [0.15, 0.2) is 11.1 Å². The van der Waals surface area contributed by atoms with Crippen LogP contribution in [0.5, 0.6) is 0 Å². The van der Waals surface area contributed by atoms with Gasteiger partial charge >= 0.3 is 0 Å². The highest BCUT2D eigenvalue weighted by molar-refractivity contribution is 14.1. The summed E-state index contributed by atoms with van der Waals surface area (Å²) in [7, 11) is -3.67. The number of carbonyl (C=O) groups is 1. The van der Waals surface area contributed by atoms with Crippen LogP contribution in [0.1, 0.15) is 22.5 Å². The number of carbonyl (C=O) groups excluding carboxylic acids is 1. The second-order valence-electron chi connectivity index (χ2n) is 4.11. The monoisotopic (exact) mass is 443 g/mol. The summed E-state index contributed by atoms with van der Waals surface area (Å²) in [5, 5.41) is 1.14. The number of hydrogen-bond acceptors (Lipinski definition) is 4. The summed E-state index contributed by atoms with van der Waals surface area (Å²) in [4.78, 5) is 15.7. The van der Waals surface area contributed by atoms with Crippen molar-refractivity contribution >= 4 is 65.6 Å². The minimum absolute atomic E-state index is 0.195. The molecule has 0 bridgehead atoms. The lowest BCUT2D eigenvalue weighted by Crippen LogP contribution is -2.24. The molecule has 0 saturated carbocycles. The van der Waals surface area contributed by atoms with Gasteiger partial charge in [-0.2, -0.15) is 13.4 Å². The molecule has 1 aliphatic carbocycles. The second kappa shape index (κ2) is 7.33. The van der Waals surface area contributed by atoms with Crippen LogP contribution in [0.3, 0.4) is 0 Å². The molecule has 0 fully saturated rings. The lowest BCUT2D eigenvalue weighted by Gasteiger charge is -1.98. The van der Waals surface area contributed by atoms with Gasteiger partial charge in [-0.15, -0.1) is 11.3 Å². The number of amides is 1. The molecule has 1 aromatic heterocycles. The zero-order valence-corrected chi connectivity index (χ0v) is 14.8. The normalized spacial score (nSPS) is 13.4. The van der Waals surface area contributed by atoms with Crippen molar-refractivity contribution in [2.75, 3.05) is 6.26 Å². The number of hydrogen-bond donors (Lipinski definition) is 3. The number of aliphatic imine (C=N–C) groups is 1. The smallest absolute Gasteiger partial charge is 0.290 e. The van der Waals surface area contributed by atoms with Gasteiger partial charge in [-0.3, -0.25) is 9.35 Å². The first-order valence-corrected chi connectivity index (χ1v) is 9.37. The predicted molar refractivity (Wildman–Crippen MR) is 92.3 cm³/mol. The van der Waals surface area contributed by atoms with Gasteiger partial charge in [-0.25, -0.2) is 0 Å². The van der Waals surface area contributed by atoms with Gasteiger partial charge in [0, 0.05) is 9.75 Å². The van der Waals surface area contributed by atoms with E-state index in [0.29, 0.717) is 11.1 Å². The molecule has 0 unspecified atom stereocenters. The van der Waals surface area contributed by atoms with E-state index in [1.165, 1.54) is 14.9 Å². The lowest BCUT2D eigenvalue weighted by molar-refractivity contribution is 0.101. The quantitative estimate of drug-likeness (QED) is 0.238. The highest BCUT2D eigenvalue weighted by Gasteiger charge is 2.11. The van der Waals surface area contributed by atoms with Crippen molar-refractivity contribution in [3.05, 3.63) is 20.7 Å². The maximum Gasteiger partial charge on any atom is 0.290 e. The number of halogens is 1. The van der Waals surface area contributed by atoms with E-state index in [1.54, 1.807) is 0 Å². The summed E-state index contributed by atoms with van der Waals surface area (Å²) < 4.78 is 28.3. The first-order valence-electron chi connectivity index (χ1n) is 5.63. The fourth-order valence-corrected chi connectivity index (χ4v) is 3.49. The number of thiophene rings is 1. The highest BCUT2D eigenvalue weighted by atomic mass is 127. The third-order valence-corrected chi connectivity index (χ3v) is 4.43. The van der Waals surface area contributed by atoms with Gasteiger partial charge in [0.1, 0.15) is 0 Å². The third kappa shape index (κ3) is 6.54. The van der Waals surface area contributed by atoms with E-state index in [-0.39, 0.29) is 11.9 Å². The maximum atomic E-state index is 11.6. The number of guanidine groups is 1. The molecule has 0 radical (unpaired) electrons. The van der Waals surface area contributed by atoms with Crippen molar-refractivity contribution in [2.24, 2.45) is 16.5 Å². The van der Waals surface area contributed by atoms with Gasteiger partial charge in [0.05, 0.1) is 11.1 Å². The molecule has 5 N–H and O–H groups in total. The average molecular weight is 443 g/mol. The molecule has 2 rings (SSSR count). The Morgan fingerprint density at radius 3 is 2.52 bits per heavy atom. The molecule has 0 aliphatic heterocycles. The minimum Gasteiger partial charge on any atom is -0.370 e. The predicted octanol–water partition coefficient (Wildman–Crippen LogP) is -0.217. The van der Waals surface area contributed by atoms with Crippen molar-refractivity contribution < 1.29 is 17.8 Å². The molecule has 1 heterocycles. The molecule has 21 heavy (non-hydrogen) atoms. The molecular formula is C11H14IN3O4S2. The fraction of sp³-hybridized carbons (Fsp3) is 0.273. The van der Waals surface area contributed by atoms with Crippen molar-refractivity contribution in [1.82, 2.24) is 0 Å². The van der Waals surface area contributed by atoms with Crippen LogP contribution < -0.4 is 21.2 Å². The van der Waals surface area contributed by atoms with E-state index in [4.69, 9.17) is 16.0 Å². The van der Waals surface area contributed by atoms with Crippen LogP contribution in [0.4, 0.5) is 0 Å². The van der Waals surface area contributed by atoms with E-state index in [1.807, 2.05) is 6.07 Å². The molecule has 0 atom stereocenters. The van der Waals surface area contributed by atoms with Crippen LogP contribution in [0.25, 0.3) is 9.66 Å². The zero-order chi connectivity index (χ0) is 16.2. The molecule has 1 aliphatic rings. The topological polar surface area (TPSA) is 136 Å². The Balaban J connectivity index is 0.000000383. The number of rotatable bonds is 1. The standard InChI is InChI=1S/C10H10IN3OS.CH4O3S/c11-6-2-1-3-7-5(6)4-8(16-7)9(15)14-10(12)13;1-5(2,3)4/h3-4H,1-2H2,(H4,12,13,14,15);1H3,(H,2,3,4). The highest BCUT2D eigenvalue weighted by Crippen LogP contribution is 2.17. The van der Waals surface area contributed by atoms with Crippen LogP contribution in [0.2, 0.25) is 0 Å². The summed E-state index contributed by atoms with van der Waals surface area (Å²) in [6.45, 7) is 0. The Morgan fingerprint density at radius 2 is 2.05 bits per heavy atom. The number of nitrogens with two attached hydrogens (primary N) is 2. The van der Waals surface area contributed by atoms with Crippen LogP contribution in [0, 0.1) is 0 Å². The Hall–Kier alpha value is -0.980. The van der Waals surface area contributed by atoms with Crippen molar-refractivity contribution in [1.29, 1.82) is 0 Å². The summed E-state index contributed by atoms with van der Waals surface area (Å²) in [5.74, 6) is -0.559. The van der Waals surface area contributed by atoms with Gasteiger partial charge < -0.3 is 11.5 Å². The molecule has 10 heteroatoms.